The maximum Gasteiger partial charge on any atom is 0.358 e. The molecule has 152 valence electrons. The summed E-state index contributed by atoms with van der Waals surface area (Å²) in [5.74, 6) is 1.23. The molecule has 0 spiro atoms. The lowest BCUT2D eigenvalue weighted by molar-refractivity contribution is 0.0462. The van der Waals surface area contributed by atoms with Crippen LogP contribution in [0.1, 0.15) is 16.2 Å². The molecule has 4 rings (SSSR count). The SMILES string of the molecule is COc1ccc(-c2nc(COC(=O)c3csc(-c4ncccn4)n3)cs2)cc1OC. The van der Waals surface area contributed by atoms with Gasteiger partial charge >= 0.3 is 5.97 Å². The molecule has 0 amide bonds. The van der Waals surface area contributed by atoms with Gasteiger partial charge in [-0.1, -0.05) is 0 Å². The minimum absolute atomic E-state index is 0.0529. The third-order valence-corrected chi connectivity index (χ3v) is 5.78. The number of hydrogen-bond acceptors (Lipinski definition) is 10. The van der Waals surface area contributed by atoms with Crippen molar-refractivity contribution in [3.05, 3.63) is 58.8 Å². The molecule has 10 heteroatoms. The fourth-order valence-corrected chi connectivity index (χ4v) is 4.10. The molecule has 8 nitrogen and oxygen atoms in total. The Morgan fingerprint density at radius 2 is 1.73 bits per heavy atom. The zero-order chi connectivity index (χ0) is 20.9. The molecule has 0 radical (unpaired) electrons. The van der Waals surface area contributed by atoms with Crippen molar-refractivity contribution in [2.45, 2.75) is 6.61 Å². The summed E-state index contributed by atoms with van der Waals surface area (Å²) in [6, 6.07) is 7.30. The van der Waals surface area contributed by atoms with Crippen LogP contribution in [0.3, 0.4) is 0 Å². The van der Waals surface area contributed by atoms with Gasteiger partial charge in [-0.3, -0.25) is 0 Å². The van der Waals surface area contributed by atoms with Crippen molar-refractivity contribution in [2.75, 3.05) is 14.2 Å². The van der Waals surface area contributed by atoms with Gasteiger partial charge in [0.05, 0.1) is 19.9 Å². The Labute approximate surface area is 180 Å². The fourth-order valence-electron chi connectivity index (χ4n) is 2.57. The molecule has 0 aliphatic rings. The van der Waals surface area contributed by atoms with Crippen molar-refractivity contribution in [3.8, 4) is 32.9 Å². The van der Waals surface area contributed by atoms with E-state index in [2.05, 4.69) is 19.9 Å². The van der Waals surface area contributed by atoms with Gasteiger partial charge in [0.1, 0.15) is 11.6 Å². The highest BCUT2D eigenvalue weighted by Crippen LogP contribution is 2.33. The highest BCUT2D eigenvalue weighted by molar-refractivity contribution is 7.13. The average Bonchev–Trinajstić information content (AvgIpc) is 3.48. The standard InChI is InChI=1S/C20H16N4O4S2/c1-26-15-5-4-12(8-16(15)27-2)18-23-13(10-29-18)9-28-20(25)14-11-30-19(24-14)17-21-6-3-7-22-17/h3-8,10-11H,9H2,1-2H3. The van der Waals surface area contributed by atoms with E-state index in [-0.39, 0.29) is 12.3 Å². The van der Waals surface area contributed by atoms with E-state index in [1.807, 2.05) is 23.6 Å². The number of carbonyl (C=O) groups excluding carboxylic acids is 1. The number of esters is 1. The first kappa shape index (κ1) is 19.9. The molecule has 0 aliphatic heterocycles. The molecule has 0 aliphatic carbocycles. The highest BCUT2D eigenvalue weighted by Gasteiger charge is 2.16. The number of methoxy groups -OCH3 is 2. The van der Waals surface area contributed by atoms with Crippen LogP contribution < -0.4 is 9.47 Å². The summed E-state index contributed by atoms with van der Waals surface area (Å²) in [6.07, 6.45) is 3.25. The number of rotatable bonds is 7. The quantitative estimate of drug-likeness (QED) is 0.396. The van der Waals surface area contributed by atoms with Crippen molar-refractivity contribution >= 4 is 28.6 Å². The van der Waals surface area contributed by atoms with Gasteiger partial charge in [-0.25, -0.2) is 24.7 Å². The van der Waals surface area contributed by atoms with Crippen LogP contribution in [0.5, 0.6) is 11.5 Å². The summed E-state index contributed by atoms with van der Waals surface area (Å²) in [5.41, 5.74) is 1.76. The molecule has 0 saturated carbocycles. The van der Waals surface area contributed by atoms with Crippen molar-refractivity contribution < 1.29 is 19.0 Å². The Balaban J connectivity index is 1.41. The molecule has 0 atom stereocenters. The molecule has 3 aromatic heterocycles. The van der Waals surface area contributed by atoms with Crippen LogP contribution in [0, 0.1) is 0 Å². The molecular formula is C20H16N4O4S2. The van der Waals surface area contributed by atoms with Crippen molar-refractivity contribution in [1.29, 1.82) is 0 Å². The maximum atomic E-state index is 12.3. The topological polar surface area (TPSA) is 96.3 Å². The first-order chi connectivity index (χ1) is 14.7. The Kier molecular flexibility index (Phi) is 5.96. The summed E-state index contributed by atoms with van der Waals surface area (Å²) >= 11 is 2.74. The largest absolute Gasteiger partial charge is 0.493 e. The third kappa shape index (κ3) is 4.29. The first-order valence-corrected chi connectivity index (χ1v) is 10.5. The summed E-state index contributed by atoms with van der Waals surface area (Å²) in [7, 11) is 3.17. The molecule has 3 heterocycles. The average molecular weight is 441 g/mol. The fraction of sp³-hybridized carbons (Fsp3) is 0.150. The van der Waals surface area contributed by atoms with Crippen LogP contribution in [-0.4, -0.2) is 40.1 Å². The molecule has 0 bridgehead atoms. The van der Waals surface area contributed by atoms with Gasteiger partial charge in [-0.2, -0.15) is 0 Å². The second-order valence-corrected chi connectivity index (χ2v) is 7.62. The second kappa shape index (κ2) is 8.97. The summed E-state index contributed by atoms with van der Waals surface area (Å²) in [5, 5.41) is 4.83. The van der Waals surface area contributed by atoms with Crippen molar-refractivity contribution in [2.24, 2.45) is 0 Å². The zero-order valence-electron chi connectivity index (χ0n) is 16.1. The summed E-state index contributed by atoms with van der Waals surface area (Å²) in [6.45, 7) is 0.0529. The van der Waals surface area contributed by atoms with E-state index in [4.69, 9.17) is 14.2 Å². The smallest absolute Gasteiger partial charge is 0.358 e. The lowest BCUT2D eigenvalue weighted by atomic mass is 10.2. The number of hydrogen-bond donors (Lipinski definition) is 0. The van der Waals surface area contributed by atoms with Gasteiger partial charge in [0, 0.05) is 28.7 Å². The zero-order valence-corrected chi connectivity index (χ0v) is 17.7. The van der Waals surface area contributed by atoms with Crippen LogP contribution >= 0.6 is 22.7 Å². The minimum Gasteiger partial charge on any atom is -0.493 e. The van der Waals surface area contributed by atoms with Crippen molar-refractivity contribution in [1.82, 2.24) is 19.9 Å². The van der Waals surface area contributed by atoms with E-state index in [9.17, 15) is 4.79 Å². The molecule has 30 heavy (non-hydrogen) atoms. The van der Waals surface area contributed by atoms with Crippen LogP contribution in [0.25, 0.3) is 21.4 Å². The van der Waals surface area contributed by atoms with Gasteiger partial charge in [-0.05, 0) is 24.3 Å². The van der Waals surface area contributed by atoms with Crippen molar-refractivity contribution in [3.63, 3.8) is 0 Å². The number of nitrogens with zero attached hydrogens (tertiary/aromatic N) is 4. The molecule has 0 N–H and O–H groups in total. The minimum atomic E-state index is -0.519. The number of ether oxygens (including phenoxy) is 3. The monoisotopic (exact) mass is 440 g/mol. The number of carbonyl (C=O) groups is 1. The molecule has 0 unspecified atom stereocenters. The Morgan fingerprint density at radius 3 is 2.50 bits per heavy atom. The van der Waals surface area contributed by atoms with Crippen LogP contribution in [0.4, 0.5) is 0 Å². The first-order valence-electron chi connectivity index (χ1n) is 8.74. The molecule has 0 fully saturated rings. The van der Waals surface area contributed by atoms with Crippen LogP contribution in [0.2, 0.25) is 0 Å². The molecule has 4 aromatic rings. The van der Waals surface area contributed by atoms with E-state index in [1.165, 1.54) is 22.7 Å². The molecular weight excluding hydrogens is 424 g/mol. The lowest BCUT2D eigenvalue weighted by Crippen LogP contribution is -2.06. The van der Waals surface area contributed by atoms with Gasteiger partial charge in [0.2, 0.25) is 0 Å². The van der Waals surface area contributed by atoms with E-state index < -0.39 is 5.97 Å². The van der Waals surface area contributed by atoms with E-state index in [0.29, 0.717) is 28.0 Å². The number of aromatic nitrogens is 4. The Bertz CT molecular complexity index is 1160. The van der Waals surface area contributed by atoms with Gasteiger partial charge in [0.25, 0.3) is 0 Å². The lowest BCUT2D eigenvalue weighted by Gasteiger charge is -2.08. The highest BCUT2D eigenvalue weighted by atomic mass is 32.1. The predicted molar refractivity (Wildman–Crippen MR) is 113 cm³/mol. The van der Waals surface area contributed by atoms with Gasteiger partial charge in [0.15, 0.2) is 28.0 Å². The van der Waals surface area contributed by atoms with Crippen LogP contribution in [-0.2, 0) is 11.3 Å². The van der Waals surface area contributed by atoms with Crippen LogP contribution in [0.15, 0.2) is 47.4 Å². The number of benzene rings is 1. The summed E-state index contributed by atoms with van der Waals surface area (Å²) in [4.78, 5) is 29.4. The Morgan fingerprint density at radius 1 is 0.967 bits per heavy atom. The summed E-state index contributed by atoms with van der Waals surface area (Å²) < 4.78 is 15.9. The maximum absolute atomic E-state index is 12.3. The van der Waals surface area contributed by atoms with E-state index >= 15 is 0 Å². The van der Waals surface area contributed by atoms with Gasteiger partial charge in [-0.15, -0.1) is 22.7 Å². The Hall–Kier alpha value is -3.37. The second-order valence-electron chi connectivity index (χ2n) is 5.90. The van der Waals surface area contributed by atoms with E-state index in [1.54, 1.807) is 38.1 Å². The van der Waals surface area contributed by atoms with Gasteiger partial charge < -0.3 is 14.2 Å². The molecule has 1 aromatic carbocycles. The molecule has 0 saturated heterocycles. The number of thiazole rings is 2. The predicted octanol–water partition coefficient (Wildman–Crippen LogP) is 4.10. The normalized spacial score (nSPS) is 10.6. The van der Waals surface area contributed by atoms with E-state index in [0.717, 1.165) is 10.6 Å². The third-order valence-electron chi connectivity index (χ3n) is 4.00.